The van der Waals surface area contributed by atoms with E-state index < -0.39 is 0 Å². The van der Waals surface area contributed by atoms with E-state index >= 15 is 0 Å². The number of amidine groups is 1. The van der Waals surface area contributed by atoms with Crippen LogP contribution in [0.4, 0.5) is 5.69 Å². The van der Waals surface area contributed by atoms with Gasteiger partial charge in [-0.3, -0.25) is 10.2 Å². The third-order valence-electron chi connectivity index (χ3n) is 3.29. The maximum atomic E-state index is 10.8. The number of piperazine rings is 1. The lowest BCUT2D eigenvalue weighted by Crippen LogP contribution is -2.47. The van der Waals surface area contributed by atoms with Gasteiger partial charge in [0, 0.05) is 43.0 Å². The summed E-state index contributed by atoms with van der Waals surface area (Å²) in [5.74, 6) is 0.407. The van der Waals surface area contributed by atoms with Gasteiger partial charge in [-0.05, 0) is 25.2 Å². The number of nitrogens with one attached hydrogen (secondary N) is 1. The minimum absolute atomic E-state index is 0.407. The summed E-state index contributed by atoms with van der Waals surface area (Å²) in [4.78, 5) is 15.0. The molecule has 1 aliphatic heterocycles. The standard InChI is InChI=1S/C13H18N4O/c1-16-4-6-17(7-5-16)13(15)11-8-10(9-18)2-3-12(11)14/h2-3,8-9,15H,4-7,14H2,1H3. The fourth-order valence-electron chi connectivity index (χ4n) is 2.05. The molecule has 1 heterocycles. The maximum absolute atomic E-state index is 10.8. The molecule has 18 heavy (non-hydrogen) atoms. The first kappa shape index (κ1) is 12.6. The van der Waals surface area contributed by atoms with Gasteiger partial charge in [-0.1, -0.05) is 0 Å². The summed E-state index contributed by atoms with van der Waals surface area (Å²) >= 11 is 0. The van der Waals surface area contributed by atoms with E-state index in [1.165, 1.54) is 0 Å². The third-order valence-corrected chi connectivity index (χ3v) is 3.29. The van der Waals surface area contributed by atoms with Gasteiger partial charge in [-0.2, -0.15) is 0 Å². The number of aldehydes is 1. The molecule has 5 nitrogen and oxygen atoms in total. The molecule has 1 fully saturated rings. The van der Waals surface area contributed by atoms with Gasteiger partial charge in [0.1, 0.15) is 12.1 Å². The Morgan fingerprint density at radius 1 is 1.33 bits per heavy atom. The zero-order valence-corrected chi connectivity index (χ0v) is 10.5. The van der Waals surface area contributed by atoms with Crippen molar-refractivity contribution in [2.75, 3.05) is 39.0 Å². The Kier molecular flexibility index (Phi) is 3.62. The van der Waals surface area contributed by atoms with E-state index in [1.807, 2.05) is 4.90 Å². The SMILES string of the molecule is CN1CCN(C(=N)c2cc(C=O)ccc2N)CC1. The van der Waals surface area contributed by atoms with E-state index in [-0.39, 0.29) is 0 Å². The van der Waals surface area contributed by atoms with Crippen molar-refractivity contribution in [3.63, 3.8) is 0 Å². The van der Waals surface area contributed by atoms with E-state index in [9.17, 15) is 4.79 Å². The second-order valence-electron chi connectivity index (χ2n) is 4.60. The number of hydrogen-bond donors (Lipinski definition) is 2. The summed E-state index contributed by atoms with van der Waals surface area (Å²) in [5, 5.41) is 8.21. The lowest BCUT2D eigenvalue weighted by molar-refractivity contribution is 0.112. The van der Waals surface area contributed by atoms with Crippen molar-refractivity contribution in [1.82, 2.24) is 9.80 Å². The number of likely N-dealkylation sites (N-methyl/N-ethyl adjacent to an activating group) is 1. The molecule has 0 aliphatic carbocycles. The first-order valence-corrected chi connectivity index (χ1v) is 5.99. The first-order valence-electron chi connectivity index (χ1n) is 5.99. The molecule has 3 N–H and O–H groups in total. The zero-order chi connectivity index (χ0) is 13.1. The Morgan fingerprint density at radius 3 is 2.61 bits per heavy atom. The van der Waals surface area contributed by atoms with E-state index in [4.69, 9.17) is 11.1 Å². The molecule has 0 saturated carbocycles. The number of anilines is 1. The van der Waals surface area contributed by atoms with E-state index in [1.54, 1.807) is 18.2 Å². The largest absolute Gasteiger partial charge is 0.398 e. The lowest BCUT2D eigenvalue weighted by Gasteiger charge is -2.34. The molecule has 0 radical (unpaired) electrons. The van der Waals surface area contributed by atoms with Crippen LogP contribution in [0.5, 0.6) is 0 Å². The molecule has 0 spiro atoms. The number of carbonyl (C=O) groups is 1. The van der Waals surface area contributed by atoms with Crippen LogP contribution in [0.1, 0.15) is 15.9 Å². The quantitative estimate of drug-likeness (QED) is 0.348. The van der Waals surface area contributed by atoms with Crippen molar-refractivity contribution in [2.24, 2.45) is 0 Å². The minimum Gasteiger partial charge on any atom is -0.398 e. The Morgan fingerprint density at radius 2 is 2.00 bits per heavy atom. The van der Waals surface area contributed by atoms with E-state index in [2.05, 4.69) is 11.9 Å². The highest BCUT2D eigenvalue weighted by Gasteiger charge is 2.19. The van der Waals surface area contributed by atoms with Gasteiger partial charge in [0.2, 0.25) is 0 Å². The summed E-state index contributed by atoms with van der Waals surface area (Å²) in [6.07, 6.45) is 0.778. The topological polar surface area (TPSA) is 73.4 Å². The number of nitrogen functional groups attached to an aromatic ring is 1. The molecule has 0 unspecified atom stereocenters. The molecule has 1 saturated heterocycles. The van der Waals surface area contributed by atoms with Crippen molar-refractivity contribution >= 4 is 17.8 Å². The predicted molar refractivity (Wildman–Crippen MR) is 72.1 cm³/mol. The molecule has 0 bridgehead atoms. The van der Waals surface area contributed by atoms with Crippen LogP contribution in [0.3, 0.4) is 0 Å². The Hall–Kier alpha value is -1.88. The molecule has 1 aliphatic rings. The molecule has 0 amide bonds. The predicted octanol–water partition coefficient (Wildman–Crippen LogP) is 0.654. The van der Waals surface area contributed by atoms with Crippen molar-refractivity contribution in [2.45, 2.75) is 0 Å². The molecule has 2 rings (SSSR count). The van der Waals surface area contributed by atoms with Crippen LogP contribution in [0.25, 0.3) is 0 Å². The van der Waals surface area contributed by atoms with Crippen molar-refractivity contribution in [3.8, 4) is 0 Å². The monoisotopic (exact) mass is 246 g/mol. The van der Waals surface area contributed by atoms with Gasteiger partial charge in [-0.15, -0.1) is 0 Å². The summed E-state index contributed by atoms with van der Waals surface area (Å²) in [6.45, 7) is 3.52. The molecule has 1 aromatic carbocycles. The van der Waals surface area contributed by atoms with Crippen LogP contribution in [-0.2, 0) is 0 Å². The van der Waals surface area contributed by atoms with Crippen LogP contribution in [0.2, 0.25) is 0 Å². The summed E-state index contributed by atoms with van der Waals surface area (Å²) in [5.41, 5.74) is 7.63. The minimum atomic E-state index is 0.407. The Balaban J connectivity index is 2.20. The zero-order valence-electron chi connectivity index (χ0n) is 10.5. The van der Waals surface area contributed by atoms with Gasteiger partial charge >= 0.3 is 0 Å². The van der Waals surface area contributed by atoms with Crippen LogP contribution in [0.15, 0.2) is 18.2 Å². The number of carbonyl (C=O) groups excluding carboxylic acids is 1. The van der Waals surface area contributed by atoms with Gasteiger partial charge in [0.25, 0.3) is 0 Å². The average Bonchev–Trinajstić information content (AvgIpc) is 2.39. The molecular weight excluding hydrogens is 228 g/mol. The second-order valence-corrected chi connectivity index (χ2v) is 4.60. The van der Waals surface area contributed by atoms with Crippen molar-refractivity contribution in [1.29, 1.82) is 5.41 Å². The van der Waals surface area contributed by atoms with Gasteiger partial charge < -0.3 is 15.5 Å². The highest BCUT2D eigenvalue weighted by atomic mass is 16.1. The van der Waals surface area contributed by atoms with Crippen molar-refractivity contribution in [3.05, 3.63) is 29.3 Å². The van der Waals surface area contributed by atoms with Crippen LogP contribution in [-0.4, -0.2) is 55.1 Å². The number of hydrogen-bond acceptors (Lipinski definition) is 4. The second kappa shape index (κ2) is 5.18. The van der Waals surface area contributed by atoms with Crippen LogP contribution < -0.4 is 5.73 Å². The number of nitrogens with two attached hydrogens (primary N) is 1. The first-order chi connectivity index (χ1) is 8.61. The molecule has 96 valence electrons. The van der Waals surface area contributed by atoms with E-state index in [0.717, 1.165) is 32.5 Å². The normalized spacial score (nSPS) is 16.6. The smallest absolute Gasteiger partial charge is 0.150 e. The number of rotatable bonds is 2. The number of nitrogens with zero attached hydrogens (tertiary/aromatic N) is 2. The Bertz CT molecular complexity index is 464. The third kappa shape index (κ3) is 2.51. The highest BCUT2D eigenvalue weighted by Crippen LogP contribution is 2.16. The fraction of sp³-hybridized carbons (Fsp3) is 0.385. The molecule has 0 aromatic heterocycles. The van der Waals surface area contributed by atoms with Gasteiger partial charge in [0.15, 0.2) is 0 Å². The molecular formula is C13H18N4O. The molecule has 0 atom stereocenters. The highest BCUT2D eigenvalue weighted by molar-refractivity contribution is 6.02. The number of benzene rings is 1. The molecule has 5 heteroatoms. The van der Waals surface area contributed by atoms with E-state index in [0.29, 0.717) is 22.6 Å². The molecule has 1 aromatic rings. The summed E-state index contributed by atoms with van der Waals surface area (Å²) < 4.78 is 0. The lowest BCUT2D eigenvalue weighted by atomic mass is 10.1. The summed E-state index contributed by atoms with van der Waals surface area (Å²) in [7, 11) is 2.07. The van der Waals surface area contributed by atoms with Gasteiger partial charge in [-0.25, -0.2) is 0 Å². The fourth-order valence-corrected chi connectivity index (χ4v) is 2.05. The Labute approximate surface area is 107 Å². The van der Waals surface area contributed by atoms with Crippen molar-refractivity contribution < 1.29 is 4.79 Å². The van der Waals surface area contributed by atoms with Gasteiger partial charge in [0.05, 0.1) is 0 Å². The average molecular weight is 246 g/mol. The maximum Gasteiger partial charge on any atom is 0.150 e. The van der Waals surface area contributed by atoms with Crippen LogP contribution >= 0.6 is 0 Å². The van der Waals surface area contributed by atoms with Crippen LogP contribution in [0, 0.1) is 5.41 Å². The summed E-state index contributed by atoms with van der Waals surface area (Å²) in [6, 6.07) is 5.04.